The number of sulfonamides is 1. The Hall–Kier alpha value is -2.14. The molecule has 0 aliphatic heterocycles. The second-order valence-corrected chi connectivity index (χ2v) is 9.13. The van der Waals surface area contributed by atoms with E-state index in [4.69, 9.17) is 11.6 Å². The molecule has 0 spiro atoms. The number of carbonyl (C=O) groups is 1. The van der Waals surface area contributed by atoms with Crippen LogP contribution in [0, 0.1) is 0 Å². The number of nitrogens with zero attached hydrogens (tertiary/aromatic N) is 2. The summed E-state index contributed by atoms with van der Waals surface area (Å²) in [6.45, 7) is 0. The average Bonchev–Trinajstić information content (AvgIpc) is 3.19. The van der Waals surface area contributed by atoms with Gasteiger partial charge < -0.3 is 5.32 Å². The highest BCUT2D eigenvalue weighted by atomic mass is 35.5. The number of hydrogen-bond acceptors (Lipinski definition) is 7. The molecule has 0 bridgehead atoms. The highest BCUT2D eigenvalue weighted by molar-refractivity contribution is 7.98. The summed E-state index contributed by atoms with van der Waals surface area (Å²) in [5, 5.41) is 4.81. The maximum atomic E-state index is 12.6. The molecule has 0 radical (unpaired) electrons. The summed E-state index contributed by atoms with van der Waals surface area (Å²) < 4.78 is 27.6. The van der Waals surface area contributed by atoms with Crippen LogP contribution in [0.3, 0.4) is 0 Å². The van der Waals surface area contributed by atoms with Gasteiger partial charge in [0.15, 0.2) is 10.9 Å². The van der Waals surface area contributed by atoms with E-state index in [1.165, 1.54) is 24.0 Å². The second-order valence-electron chi connectivity index (χ2n) is 5.09. The molecule has 2 heterocycles. The van der Waals surface area contributed by atoms with E-state index in [0.29, 0.717) is 5.16 Å². The van der Waals surface area contributed by atoms with Gasteiger partial charge in [-0.3, -0.25) is 9.52 Å². The zero-order valence-corrected chi connectivity index (χ0v) is 17.0. The summed E-state index contributed by atoms with van der Waals surface area (Å²) >= 11 is 8.39. The molecule has 0 atom stereocenters. The van der Waals surface area contributed by atoms with Crippen LogP contribution >= 0.6 is 34.7 Å². The topological polar surface area (TPSA) is 101 Å². The third-order valence-corrected chi connectivity index (χ3v) is 6.90. The van der Waals surface area contributed by atoms with Crippen LogP contribution in [0.5, 0.6) is 0 Å². The van der Waals surface area contributed by atoms with Crippen molar-refractivity contribution in [2.24, 2.45) is 0 Å². The van der Waals surface area contributed by atoms with Crippen LogP contribution < -0.4 is 10.0 Å². The molecule has 2 N–H and O–H groups in total. The van der Waals surface area contributed by atoms with Gasteiger partial charge in [0.05, 0.1) is 22.6 Å². The molecule has 3 rings (SSSR count). The van der Waals surface area contributed by atoms with Crippen LogP contribution in [0.1, 0.15) is 10.5 Å². The molecule has 0 unspecified atom stereocenters. The molecular formula is C16H13ClN4O3S3. The molecule has 1 amide bonds. The van der Waals surface area contributed by atoms with Crippen molar-refractivity contribution in [3.8, 4) is 0 Å². The van der Waals surface area contributed by atoms with E-state index >= 15 is 0 Å². The molecule has 0 aliphatic rings. The maximum Gasteiger partial charge on any atom is 0.276 e. The van der Waals surface area contributed by atoms with Gasteiger partial charge in [0, 0.05) is 0 Å². The summed E-state index contributed by atoms with van der Waals surface area (Å²) in [7, 11) is -3.75. The molecule has 0 aliphatic carbocycles. The number of anilines is 2. The van der Waals surface area contributed by atoms with Crippen molar-refractivity contribution in [1.29, 1.82) is 0 Å². The Morgan fingerprint density at radius 3 is 2.59 bits per heavy atom. The summed E-state index contributed by atoms with van der Waals surface area (Å²) in [5.74, 6) is -0.569. The van der Waals surface area contributed by atoms with Gasteiger partial charge in [-0.2, -0.15) is 0 Å². The Labute approximate surface area is 169 Å². The first kappa shape index (κ1) is 19.6. The Morgan fingerprint density at radius 1 is 1.19 bits per heavy atom. The Kier molecular flexibility index (Phi) is 6.00. The molecule has 7 nitrogen and oxygen atoms in total. The first-order valence-corrected chi connectivity index (χ1v) is 11.4. The van der Waals surface area contributed by atoms with E-state index in [0.717, 1.165) is 11.3 Å². The normalized spacial score (nSPS) is 11.2. The molecule has 3 aromatic rings. The van der Waals surface area contributed by atoms with Crippen molar-refractivity contribution < 1.29 is 13.2 Å². The van der Waals surface area contributed by atoms with Gasteiger partial charge in [-0.05, 0) is 29.8 Å². The minimum atomic E-state index is -3.75. The van der Waals surface area contributed by atoms with Crippen LogP contribution in [0.2, 0.25) is 5.02 Å². The van der Waals surface area contributed by atoms with Gasteiger partial charge in [0.1, 0.15) is 4.21 Å². The van der Waals surface area contributed by atoms with Crippen molar-refractivity contribution in [1.82, 2.24) is 9.97 Å². The fourth-order valence-electron chi connectivity index (χ4n) is 2.08. The van der Waals surface area contributed by atoms with Gasteiger partial charge >= 0.3 is 0 Å². The van der Waals surface area contributed by atoms with Gasteiger partial charge in [0.2, 0.25) is 0 Å². The van der Waals surface area contributed by atoms with E-state index < -0.39 is 15.9 Å². The third kappa shape index (κ3) is 4.59. The molecule has 2 aromatic heterocycles. The number of aromatic nitrogens is 2. The number of rotatable bonds is 6. The van der Waals surface area contributed by atoms with Crippen LogP contribution in [0.15, 0.2) is 57.3 Å². The summed E-state index contributed by atoms with van der Waals surface area (Å²) in [6.07, 6.45) is 3.13. The van der Waals surface area contributed by atoms with Crippen molar-refractivity contribution in [3.05, 3.63) is 58.7 Å². The highest BCUT2D eigenvalue weighted by Crippen LogP contribution is 2.27. The zero-order chi connectivity index (χ0) is 19.4. The predicted octanol–water partition coefficient (Wildman–Crippen LogP) is 3.97. The lowest BCUT2D eigenvalue weighted by atomic mass is 10.2. The smallest absolute Gasteiger partial charge is 0.276 e. The molecular weight excluding hydrogens is 428 g/mol. The SMILES string of the molecule is CSc1ncc(Cl)c(C(=O)Nc2ccccc2NS(=O)(=O)c2cccs2)n1. The molecule has 0 saturated heterocycles. The van der Waals surface area contributed by atoms with Crippen LogP contribution in [0.25, 0.3) is 0 Å². The summed E-state index contributed by atoms with van der Waals surface area (Å²) in [5.41, 5.74) is 0.518. The highest BCUT2D eigenvalue weighted by Gasteiger charge is 2.19. The van der Waals surface area contributed by atoms with Crippen molar-refractivity contribution >= 4 is 62.0 Å². The van der Waals surface area contributed by atoms with Crippen LogP contribution in [-0.4, -0.2) is 30.5 Å². The predicted molar refractivity (Wildman–Crippen MR) is 108 cm³/mol. The first-order chi connectivity index (χ1) is 12.9. The van der Waals surface area contributed by atoms with Crippen molar-refractivity contribution in [3.63, 3.8) is 0 Å². The van der Waals surface area contributed by atoms with Gasteiger partial charge in [-0.15, -0.1) is 11.3 Å². The maximum absolute atomic E-state index is 12.6. The minimum Gasteiger partial charge on any atom is -0.319 e. The first-order valence-electron chi connectivity index (χ1n) is 7.44. The lowest BCUT2D eigenvalue weighted by Gasteiger charge is -2.13. The van der Waals surface area contributed by atoms with E-state index in [9.17, 15) is 13.2 Å². The number of halogens is 1. The van der Waals surface area contributed by atoms with E-state index in [1.54, 1.807) is 42.0 Å². The third-order valence-electron chi connectivity index (χ3n) is 3.30. The van der Waals surface area contributed by atoms with Gasteiger partial charge in [-0.1, -0.05) is 41.6 Å². The number of para-hydroxylation sites is 2. The number of benzene rings is 1. The Bertz CT molecular complexity index is 1070. The number of carbonyl (C=O) groups excluding carboxylic acids is 1. The molecule has 27 heavy (non-hydrogen) atoms. The Morgan fingerprint density at radius 2 is 1.93 bits per heavy atom. The number of thioether (sulfide) groups is 1. The number of thiophene rings is 1. The van der Waals surface area contributed by atoms with E-state index in [-0.39, 0.29) is 26.3 Å². The Balaban J connectivity index is 1.88. The van der Waals surface area contributed by atoms with Crippen molar-refractivity contribution in [2.45, 2.75) is 9.37 Å². The minimum absolute atomic E-state index is 0.00642. The fraction of sp³-hybridized carbons (Fsp3) is 0.0625. The zero-order valence-electron chi connectivity index (χ0n) is 13.8. The van der Waals surface area contributed by atoms with Crippen LogP contribution in [0.4, 0.5) is 11.4 Å². The number of amides is 1. The lowest BCUT2D eigenvalue weighted by molar-refractivity contribution is 0.102. The summed E-state index contributed by atoms with van der Waals surface area (Å²) in [6, 6.07) is 9.61. The quantitative estimate of drug-likeness (QED) is 0.444. The largest absolute Gasteiger partial charge is 0.319 e. The van der Waals surface area contributed by atoms with E-state index in [1.807, 2.05) is 0 Å². The number of hydrogen-bond donors (Lipinski definition) is 2. The monoisotopic (exact) mass is 440 g/mol. The average molecular weight is 441 g/mol. The van der Waals surface area contributed by atoms with Gasteiger partial charge in [-0.25, -0.2) is 18.4 Å². The van der Waals surface area contributed by atoms with Crippen LogP contribution in [-0.2, 0) is 10.0 Å². The van der Waals surface area contributed by atoms with Crippen molar-refractivity contribution in [2.75, 3.05) is 16.3 Å². The molecule has 0 saturated carbocycles. The molecule has 140 valence electrons. The molecule has 0 fully saturated rings. The molecule has 1 aromatic carbocycles. The number of nitrogens with one attached hydrogen (secondary N) is 2. The van der Waals surface area contributed by atoms with E-state index in [2.05, 4.69) is 20.0 Å². The second kappa shape index (κ2) is 8.26. The molecule has 11 heteroatoms. The van der Waals surface area contributed by atoms with Gasteiger partial charge in [0.25, 0.3) is 15.9 Å². The standard InChI is InChI=1S/C16H13ClN4O3S3/c1-25-16-18-9-10(17)14(20-16)15(22)19-11-5-2-3-6-12(11)21-27(23,24)13-7-4-8-26-13/h2-9,21H,1H3,(H,19,22). The summed E-state index contributed by atoms with van der Waals surface area (Å²) in [4.78, 5) is 20.7. The lowest BCUT2D eigenvalue weighted by Crippen LogP contribution is -2.18. The fourth-order valence-corrected chi connectivity index (χ4v) is 4.67.